The molecule has 0 aliphatic carbocycles. The summed E-state index contributed by atoms with van der Waals surface area (Å²) in [4.78, 5) is 23.7. The predicted molar refractivity (Wildman–Crippen MR) is 77.8 cm³/mol. The molecule has 3 heteroatoms. The third-order valence-corrected chi connectivity index (χ3v) is 2.76. The molecule has 3 nitrogen and oxygen atoms in total. The van der Waals surface area contributed by atoms with E-state index in [-0.39, 0.29) is 17.8 Å². The lowest BCUT2D eigenvalue weighted by Crippen LogP contribution is -2.17. The lowest BCUT2D eigenvalue weighted by molar-refractivity contribution is -0.140. The number of ketones is 1. The highest BCUT2D eigenvalue weighted by Gasteiger charge is 2.20. The van der Waals surface area contributed by atoms with Crippen LogP contribution in [-0.2, 0) is 14.3 Å². The molecule has 0 radical (unpaired) electrons. The number of Topliss-reactive ketones (excluding diaryl/α,β-unsaturated/α-hetero) is 1. The fraction of sp³-hybridized carbons (Fsp3) is 0.500. The minimum atomic E-state index is -0.571. The van der Waals surface area contributed by atoms with Gasteiger partial charge >= 0.3 is 5.97 Å². The van der Waals surface area contributed by atoms with Crippen LogP contribution in [0, 0.1) is 0 Å². The molecule has 0 atom stereocenters. The van der Waals surface area contributed by atoms with Gasteiger partial charge in [0.05, 0.1) is 6.61 Å². The number of esters is 1. The largest absolute Gasteiger partial charge is 0.462 e. The monoisotopic (exact) mass is 264 g/mol. The SMILES string of the molecule is C=CC(C=C)=C(C(=O)CC)C(=O)OCCCCCC. The Balaban J connectivity index is 4.67. The number of rotatable bonds is 10. The smallest absolute Gasteiger partial charge is 0.342 e. The van der Waals surface area contributed by atoms with E-state index >= 15 is 0 Å². The van der Waals surface area contributed by atoms with E-state index < -0.39 is 5.97 Å². The van der Waals surface area contributed by atoms with E-state index in [0.29, 0.717) is 12.2 Å². The van der Waals surface area contributed by atoms with Crippen LogP contribution in [0.2, 0.25) is 0 Å². The number of unbranched alkanes of at least 4 members (excludes halogenated alkanes) is 3. The van der Waals surface area contributed by atoms with Gasteiger partial charge in [-0.15, -0.1) is 0 Å². The Labute approximate surface area is 116 Å². The summed E-state index contributed by atoms with van der Waals surface area (Å²) in [5.41, 5.74) is 0.494. The van der Waals surface area contributed by atoms with E-state index in [1.165, 1.54) is 12.2 Å². The van der Waals surface area contributed by atoms with Crippen molar-refractivity contribution in [3.05, 3.63) is 36.5 Å². The molecule has 0 saturated heterocycles. The Hall–Kier alpha value is -1.64. The Morgan fingerprint density at radius 1 is 1.05 bits per heavy atom. The molecule has 0 N–H and O–H groups in total. The lowest BCUT2D eigenvalue weighted by atomic mass is 10.0. The first kappa shape index (κ1) is 17.4. The van der Waals surface area contributed by atoms with Gasteiger partial charge in [0.15, 0.2) is 5.78 Å². The van der Waals surface area contributed by atoms with Gasteiger partial charge in [-0.2, -0.15) is 0 Å². The first-order valence-electron chi connectivity index (χ1n) is 6.81. The molecular formula is C16H24O3. The zero-order chi connectivity index (χ0) is 14.7. The highest BCUT2D eigenvalue weighted by molar-refractivity contribution is 6.18. The number of ether oxygens (including phenoxy) is 1. The van der Waals surface area contributed by atoms with E-state index in [1.807, 2.05) is 0 Å². The quantitative estimate of drug-likeness (QED) is 0.151. The van der Waals surface area contributed by atoms with E-state index in [1.54, 1.807) is 6.92 Å². The van der Waals surface area contributed by atoms with Crippen molar-refractivity contribution in [2.45, 2.75) is 46.0 Å². The minimum Gasteiger partial charge on any atom is -0.462 e. The van der Waals surface area contributed by atoms with Crippen LogP contribution >= 0.6 is 0 Å². The molecule has 0 fully saturated rings. The molecule has 19 heavy (non-hydrogen) atoms. The van der Waals surface area contributed by atoms with Crippen LogP contribution in [0.1, 0.15) is 46.0 Å². The van der Waals surface area contributed by atoms with E-state index in [2.05, 4.69) is 20.1 Å². The van der Waals surface area contributed by atoms with Crippen LogP contribution in [0.4, 0.5) is 0 Å². The van der Waals surface area contributed by atoms with Gasteiger partial charge in [-0.25, -0.2) is 4.79 Å². The Morgan fingerprint density at radius 2 is 1.68 bits per heavy atom. The molecule has 0 aromatic carbocycles. The van der Waals surface area contributed by atoms with Crippen molar-refractivity contribution in [3.63, 3.8) is 0 Å². The second-order valence-electron chi connectivity index (χ2n) is 4.21. The minimum absolute atomic E-state index is 0.0583. The van der Waals surface area contributed by atoms with Crippen LogP contribution in [0.3, 0.4) is 0 Å². The van der Waals surface area contributed by atoms with Gasteiger partial charge in [-0.1, -0.05) is 58.4 Å². The highest BCUT2D eigenvalue weighted by atomic mass is 16.5. The van der Waals surface area contributed by atoms with Gasteiger partial charge in [-0.05, 0) is 12.0 Å². The van der Waals surface area contributed by atoms with Gasteiger partial charge in [0.25, 0.3) is 0 Å². The van der Waals surface area contributed by atoms with Gasteiger partial charge in [-0.3, -0.25) is 4.79 Å². The summed E-state index contributed by atoms with van der Waals surface area (Å²) in [6, 6.07) is 0. The fourth-order valence-electron chi connectivity index (χ4n) is 1.62. The molecule has 0 aromatic heterocycles. The molecule has 0 spiro atoms. The fourth-order valence-corrected chi connectivity index (χ4v) is 1.62. The summed E-state index contributed by atoms with van der Waals surface area (Å²) < 4.78 is 5.15. The lowest BCUT2D eigenvalue weighted by Gasteiger charge is -2.09. The topological polar surface area (TPSA) is 43.4 Å². The molecule has 0 rings (SSSR count). The molecule has 0 aliphatic rings. The second kappa shape index (κ2) is 10.3. The molecule has 0 bridgehead atoms. The maximum Gasteiger partial charge on any atom is 0.342 e. The predicted octanol–water partition coefficient (Wildman–Crippen LogP) is 3.76. The zero-order valence-corrected chi connectivity index (χ0v) is 12.0. The summed E-state index contributed by atoms with van der Waals surface area (Å²) >= 11 is 0. The summed E-state index contributed by atoms with van der Waals surface area (Å²) in [7, 11) is 0. The van der Waals surface area contributed by atoms with Crippen LogP contribution < -0.4 is 0 Å². The Kier molecular flexibility index (Phi) is 9.41. The van der Waals surface area contributed by atoms with Crippen molar-refractivity contribution < 1.29 is 14.3 Å². The summed E-state index contributed by atoms with van der Waals surface area (Å²) in [5, 5.41) is 0. The number of hydrogen-bond donors (Lipinski definition) is 0. The van der Waals surface area contributed by atoms with E-state index in [0.717, 1.165) is 25.7 Å². The van der Waals surface area contributed by atoms with Gasteiger partial charge < -0.3 is 4.74 Å². The van der Waals surface area contributed by atoms with E-state index in [9.17, 15) is 9.59 Å². The van der Waals surface area contributed by atoms with Crippen LogP contribution in [0.25, 0.3) is 0 Å². The molecule has 0 aliphatic heterocycles. The van der Waals surface area contributed by atoms with Crippen molar-refractivity contribution >= 4 is 11.8 Å². The van der Waals surface area contributed by atoms with Crippen molar-refractivity contribution in [1.82, 2.24) is 0 Å². The molecule has 106 valence electrons. The standard InChI is InChI=1S/C16H24O3/c1-5-9-10-11-12-19-16(18)15(14(17)8-4)13(6-2)7-3/h6-7H,2-3,5,8-12H2,1,4H3. The number of carbonyl (C=O) groups is 2. The van der Waals surface area contributed by atoms with Crippen molar-refractivity contribution in [1.29, 1.82) is 0 Å². The Morgan fingerprint density at radius 3 is 2.16 bits per heavy atom. The molecule has 0 aromatic rings. The van der Waals surface area contributed by atoms with Crippen LogP contribution in [-0.4, -0.2) is 18.4 Å². The average molecular weight is 264 g/mol. The zero-order valence-electron chi connectivity index (χ0n) is 12.0. The summed E-state index contributed by atoms with van der Waals surface area (Å²) in [6.45, 7) is 11.3. The van der Waals surface area contributed by atoms with Crippen LogP contribution in [0.15, 0.2) is 36.5 Å². The average Bonchev–Trinajstić information content (AvgIpc) is 2.43. The molecule has 0 amide bonds. The van der Waals surface area contributed by atoms with Crippen LogP contribution in [0.5, 0.6) is 0 Å². The maximum absolute atomic E-state index is 11.9. The van der Waals surface area contributed by atoms with Gasteiger partial charge in [0.2, 0.25) is 0 Å². The first-order valence-corrected chi connectivity index (χ1v) is 6.81. The third kappa shape index (κ3) is 6.18. The number of allylic oxidation sites excluding steroid dienone is 3. The van der Waals surface area contributed by atoms with Crippen molar-refractivity contribution in [2.75, 3.05) is 6.61 Å². The molecule has 0 unspecified atom stereocenters. The van der Waals surface area contributed by atoms with Gasteiger partial charge in [0, 0.05) is 6.42 Å². The first-order chi connectivity index (χ1) is 9.12. The third-order valence-electron chi connectivity index (χ3n) is 2.76. The maximum atomic E-state index is 11.9. The molecular weight excluding hydrogens is 240 g/mol. The molecule has 0 saturated carbocycles. The highest BCUT2D eigenvalue weighted by Crippen LogP contribution is 2.13. The van der Waals surface area contributed by atoms with Crippen molar-refractivity contribution in [2.24, 2.45) is 0 Å². The summed E-state index contributed by atoms with van der Waals surface area (Å²) in [5.74, 6) is -0.813. The number of hydrogen-bond acceptors (Lipinski definition) is 3. The second-order valence-corrected chi connectivity index (χ2v) is 4.21. The number of carbonyl (C=O) groups excluding carboxylic acids is 2. The summed E-state index contributed by atoms with van der Waals surface area (Å²) in [6.07, 6.45) is 7.27. The van der Waals surface area contributed by atoms with Gasteiger partial charge in [0.1, 0.15) is 5.57 Å². The normalized spacial score (nSPS) is 9.58. The molecule has 0 heterocycles. The van der Waals surface area contributed by atoms with Crippen molar-refractivity contribution in [3.8, 4) is 0 Å². The van der Waals surface area contributed by atoms with E-state index in [4.69, 9.17) is 4.74 Å². The Bertz CT molecular complexity index is 354.